The van der Waals surface area contributed by atoms with Crippen LogP contribution in [-0.4, -0.2) is 50.5 Å². The van der Waals surface area contributed by atoms with Crippen LogP contribution in [0.1, 0.15) is 35.6 Å². The van der Waals surface area contributed by atoms with Crippen molar-refractivity contribution in [2.24, 2.45) is 0 Å². The van der Waals surface area contributed by atoms with Gasteiger partial charge in [0.1, 0.15) is 12.6 Å². The monoisotopic (exact) mass is 569 g/mol. The van der Waals surface area contributed by atoms with E-state index in [1.165, 1.54) is 4.90 Å². The first-order valence-corrected chi connectivity index (χ1v) is 15.1. The number of carbonyl (C=O) groups is 2. The lowest BCUT2D eigenvalue weighted by Gasteiger charge is -2.34. The van der Waals surface area contributed by atoms with Crippen LogP contribution in [-0.2, 0) is 32.6 Å². The summed E-state index contributed by atoms with van der Waals surface area (Å²) in [6.07, 6.45) is 2.09. The zero-order valence-corrected chi connectivity index (χ0v) is 24.4. The fourth-order valence-electron chi connectivity index (χ4n) is 4.35. The Balaban J connectivity index is 2.07. The van der Waals surface area contributed by atoms with Gasteiger partial charge in [-0.1, -0.05) is 73.1 Å². The van der Waals surface area contributed by atoms with Gasteiger partial charge in [0.2, 0.25) is 21.8 Å². The topological polar surface area (TPSA) is 86.8 Å². The molecule has 0 aliphatic heterocycles. The van der Waals surface area contributed by atoms with Crippen molar-refractivity contribution < 1.29 is 18.0 Å². The van der Waals surface area contributed by atoms with Gasteiger partial charge >= 0.3 is 0 Å². The van der Waals surface area contributed by atoms with Crippen LogP contribution in [0.25, 0.3) is 0 Å². The number of halogens is 1. The molecule has 1 N–H and O–H groups in total. The van der Waals surface area contributed by atoms with E-state index in [4.69, 9.17) is 11.6 Å². The Bertz CT molecular complexity index is 1400. The lowest BCUT2D eigenvalue weighted by atomic mass is 10.0. The van der Waals surface area contributed by atoms with Crippen molar-refractivity contribution in [1.29, 1.82) is 0 Å². The molecule has 0 bridgehead atoms. The molecular formula is C30H36ClN3O4S. The highest BCUT2D eigenvalue weighted by molar-refractivity contribution is 7.92. The summed E-state index contributed by atoms with van der Waals surface area (Å²) in [7, 11) is -3.82. The smallest absolute Gasteiger partial charge is 0.244 e. The lowest BCUT2D eigenvalue weighted by molar-refractivity contribution is -0.140. The van der Waals surface area contributed by atoms with E-state index in [0.29, 0.717) is 17.3 Å². The number of rotatable bonds is 12. The number of anilines is 1. The number of nitrogens with zero attached hydrogens (tertiary/aromatic N) is 2. The molecule has 0 saturated heterocycles. The highest BCUT2D eigenvalue weighted by Gasteiger charge is 2.33. The van der Waals surface area contributed by atoms with Crippen LogP contribution in [0.4, 0.5) is 5.69 Å². The first-order chi connectivity index (χ1) is 18.5. The van der Waals surface area contributed by atoms with Gasteiger partial charge < -0.3 is 10.2 Å². The van der Waals surface area contributed by atoms with E-state index in [0.717, 1.165) is 39.2 Å². The van der Waals surface area contributed by atoms with Crippen LogP contribution < -0.4 is 9.62 Å². The molecule has 0 radical (unpaired) electrons. The quantitative estimate of drug-likeness (QED) is 0.336. The maximum absolute atomic E-state index is 14.1. The molecule has 0 saturated carbocycles. The molecule has 9 heteroatoms. The molecule has 3 aromatic carbocycles. The summed E-state index contributed by atoms with van der Waals surface area (Å²) in [5, 5.41) is 3.43. The van der Waals surface area contributed by atoms with E-state index in [1.807, 2.05) is 63.2 Å². The second kappa shape index (κ2) is 13.6. The molecule has 208 valence electrons. The highest BCUT2D eigenvalue weighted by Crippen LogP contribution is 2.26. The molecule has 7 nitrogen and oxygen atoms in total. The van der Waals surface area contributed by atoms with Crippen LogP contribution >= 0.6 is 11.6 Å². The summed E-state index contributed by atoms with van der Waals surface area (Å²) in [5.41, 5.74) is 3.72. The normalized spacial score (nSPS) is 12.0. The first-order valence-electron chi connectivity index (χ1n) is 12.9. The van der Waals surface area contributed by atoms with Gasteiger partial charge in [0, 0.05) is 24.5 Å². The lowest BCUT2D eigenvalue weighted by Crippen LogP contribution is -2.53. The van der Waals surface area contributed by atoms with Crippen molar-refractivity contribution in [2.75, 3.05) is 23.7 Å². The van der Waals surface area contributed by atoms with Crippen molar-refractivity contribution in [3.05, 3.63) is 100 Å². The van der Waals surface area contributed by atoms with E-state index in [-0.39, 0.29) is 18.9 Å². The van der Waals surface area contributed by atoms with E-state index in [2.05, 4.69) is 5.32 Å². The minimum atomic E-state index is -3.82. The number of hydrogen-bond donors (Lipinski definition) is 1. The average Bonchev–Trinajstić information content (AvgIpc) is 2.89. The number of benzene rings is 3. The Hall–Kier alpha value is -3.36. The Kier molecular flexibility index (Phi) is 10.5. The molecule has 0 aliphatic rings. The third-order valence-corrected chi connectivity index (χ3v) is 7.95. The Morgan fingerprint density at radius 2 is 1.62 bits per heavy atom. The van der Waals surface area contributed by atoms with E-state index >= 15 is 0 Å². The first kappa shape index (κ1) is 30.2. The van der Waals surface area contributed by atoms with Gasteiger partial charge in [-0.3, -0.25) is 13.9 Å². The predicted molar refractivity (Wildman–Crippen MR) is 157 cm³/mol. The minimum Gasteiger partial charge on any atom is -0.354 e. The molecule has 0 aliphatic carbocycles. The van der Waals surface area contributed by atoms with Crippen LogP contribution in [0.3, 0.4) is 0 Å². The van der Waals surface area contributed by atoms with Crippen molar-refractivity contribution in [3.8, 4) is 0 Å². The van der Waals surface area contributed by atoms with E-state index in [9.17, 15) is 18.0 Å². The van der Waals surface area contributed by atoms with Gasteiger partial charge in [-0.05, 0) is 60.7 Å². The Labute approximate surface area is 236 Å². The summed E-state index contributed by atoms with van der Waals surface area (Å²) in [6.45, 7) is 5.77. The zero-order chi connectivity index (χ0) is 28.6. The minimum absolute atomic E-state index is 0.0842. The number of nitrogens with one attached hydrogen (secondary N) is 1. The fourth-order valence-corrected chi connectivity index (χ4v) is 5.47. The molecule has 0 heterocycles. The molecule has 3 rings (SSSR count). The molecule has 0 fully saturated rings. The summed E-state index contributed by atoms with van der Waals surface area (Å²) in [4.78, 5) is 29.0. The van der Waals surface area contributed by atoms with Crippen LogP contribution in [0.2, 0.25) is 5.02 Å². The summed E-state index contributed by atoms with van der Waals surface area (Å²) in [5.74, 6) is -0.789. The van der Waals surface area contributed by atoms with E-state index < -0.39 is 28.5 Å². The molecule has 0 unspecified atom stereocenters. The molecule has 3 aromatic rings. The SMILES string of the molecule is CCCNC(=O)[C@H](Cc1ccccc1)N(Cc1cccc(Cl)c1)C(=O)CN(c1cccc(C)c1C)S(C)(=O)=O. The third-order valence-electron chi connectivity index (χ3n) is 6.59. The number of aryl methyl sites for hydroxylation is 1. The van der Waals surface area contributed by atoms with Crippen molar-refractivity contribution in [2.45, 2.75) is 46.2 Å². The van der Waals surface area contributed by atoms with Crippen molar-refractivity contribution >= 4 is 39.1 Å². The Morgan fingerprint density at radius 1 is 0.949 bits per heavy atom. The average molecular weight is 570 g/mol. The summed E-state index contributed by atoms with van der Waals surface area (Å²) < 4.78 is 27.0. The molecule has 1 atom stereocenters. The summed E-state index contributed by atoms with van der Waals surface area (Å²) in [6, 6.07) is 21.0. The van der Waals surface area contributed by atoms with E-state index in [1.54, 1.807) is 30.3 Å². The largest absolute Gasteiger partial charge is 0.354 e. The second-order valence-corrected chi connectivity index (χ2v) is 12.0. The van der Waals surface area contributed by atoms with Gasteiger partial charge in [-0.2, -0.15) is 0 Å². The second-order valence-electron chi connectivity index (χ2n) is 9.64. The predicted octanol–water partition coefficient (Wildman–Crippen LogP) is 4.89. The van der Waals surface area contributed by atoms with Crippen molar-refractivity contribution in [3.63, 3.8) is 0 Å². The fraction of sp³-hybridized carbons (Fsp3) is 0.333. The number of sulfonamides is 1. The van der Waals surface area contributed by atoms with Gasteiger partial charge in [0.15, 0.2) is 0 Å². The molecule has 39 heavy (non-hydrogen) atoms. The highest BCUT2D eigenvalue weighted by atomic mass is 35.5. The van der Waals surface area contributed by atoms with Gasteiger partial charge in [-0.15, -0.1) is 0 Å². The van der Waals surface area contributed by atoms with Crippen LogP contribution in [0.5, 0.6) is 0 Å². The summed E-state index contributed by atoms with van der Waals surface area (Å²) >= 11 is 6.23. The van der Waals surface area contributed by atoms with Crippen LogP contribution in [0, 0.1) is 13.8 Å². The van der Waals surface area contributed by atoms with Gasteiger partial charge in [0.25, 0.3) is 0 Å². The standard InChI is InChI=1S/C30H36ClN3O4S/c1-5-17-32-30(36)28(19-24-12-7-6-8-13-24)33(20-25-14-10-15-26(31)18-25)29(35)21-34(39(4,37)38)27-16-9-11-22(2)23(27)3/h6-16,18,28H,5,17,19-21H2,1-4H3,(H,32,36)/t28-/m0/s1. The maximum atomic E-state index is 14.1. The third kappa shape index (κ3) is 8.31. The van der Waals surface area contributed by atoms with Crippen LogP contribution in [0.15, 0.2) is 72.8 Å². The van der Waals surface area contributed by atoms with Crippen molar-refractivity contribution in [1.82, 2.24) is 10.2 Å². The molecule has 0 spiro atoms. The zero-order valence-electron chi connectivity index (χ0n) is 22.9. The van der Waals surface area contributed by atoms with Gasteiger partial charge in [-0.25, -0.2) is 8.42 Å². The molecule has 2 amide bonds. The number of carbonyl (C=O) groups excluding carboxylic acids is 2. The molecular weight excluding hydrogens is 534 g/mol. The van der Waals surface area contributed by atoms with Gasteiger partial charge in [0.05, 0.1) is 11.9 Å². The number of hydrogen-bond acceptors (Lipinski definition) is 4. The Morgan fingerprint density at radius 3 is 2.26 bits per heavy atom. The molecule has 0 aromatic heterocycles. The number of amides is 2. The maximum Gasteiger partial charge on any atom is 0.244 e.